The Morgan fingerprint density at radius 1 is 1.55 bits per heavy atom. The highest BCUT2D eigenvalue weighted by molar-refractivity contribution is 9.09. The van der Waals surface area contributed by atoms with Gasteiger partial charge in [-0.15, -0.1) is 0 Å². The number of hydrogen-bond acceptors (Lipinski definition) is 0. The van der Waals surface area contributed by atoms with Crippen molar-refractivity contribution < 1.29 is 4.39 Å². The van der Waals surface area contributed by atoms with E-state index >= 15 is 0 Å². The van der Waals surface area contributed by atoms with Crippen LogP contribution >= 0.6 is 15.9 Å². The van der Waals surface area contributed by atoms with E-state index in [4.69, 9.17) is 7.85 Å². The summed E-state index contributed by atoms with van der Waals surface area (Å²) < 4.78 is 12.6. The molecule has 0 aliphatic carbocycles. The highest BCUT2D eigenvalue weighted by atomic mass is 79.9. The first-order valence-corrected chi connectivity index (χ1v) is 4.18. The summed E-state index contributed by atoms with van der Waals surface area (Å²) in [6, 6.07) is 4.96. The smallest absolute Gasteiger partial charge is 0.126 e. The molecule has 0 aromatic heterocycles. The monoisotopic (exact) mass is 212 g/mol. The lowest BCUT2D eigenvalue weighted by atomic mass is 9.96. The number of halogens is 2. The molecular weight excluding hydrogens is 206 g/mol. The van der Waals surface area contributed by atoms with Gasteiger partial charge in [-0.05, 0) is 24.1 Å². The molecule has 0 fully saturated rings. The van der Waals surface area contributed by atoms with Crippen molar-refractivity contribution in [3.05, 3.63) is 35.1 Å². The SMILES string of the molecule is [B]C(Br)c1ccc(C)c(F)c1. The number of hydrogen-bond donors (Lipinski definition) is 0. The third-order valence-corrected chi connectivity index (χ3v) is 2.04. The Morgan fingerprint density at radius 2 is 2.18 bits per heavy atom. The predicted octanol–water partition coefficient (Wildman–Crippen LogP) is 2.70. The molecule has 2 radical (unpaired) electrons. The first kappa shape index (κ1) is 8.79. The van der Waals surface area contributed by atoms with E-state index in [1.165, 1.54) is 6.07 Å². The molecule has 0 aliphatic heterocycles. The van der Waals surface area contributed by atoms with E-state index in [9.17, 15) is 4.39 Å². The van der Waals surface area contributed by atoms with Gasteiger partial charge in [0.15, 0.2) is 0 Å². The minimum Gasteiger partial charge on any atom is -0.207 e. The normalized spacial score (nSPS) is 13.0. The van der Waals surface area contributed by atoms with Crippen LogP contribution in [0.25, 0.3) is 0 Å². The molecule has 3 heteroatoms. The summed E-state index contributed by atoms with van der Waals surface area (Å²) in [6.07, 6.45) is 0. The summed E-state index contributed by atoms with van der Waals surface area (Å²) in [5.41, 5.74) is 1.40. The average Bonchev–Trinajstić information content (AvgIpc) is 1.94. The largest absolute Gasteiger partial charge is 0.207 e. The van der Waals surface area contributed by atoms with Gasteiger partial charge in [-0.25, -0.2) is 4.39 Å². The van der Waals surface area contributed by atoms with Crippen LogP contribution in [0.15, 0.2) is 18.2 Å². The van der Waals surface area contributed by atoms with Gasteiger partial charge < -0.3 is 0 Å². The van der Waals surface area contributed by atoms with Crippen molar-refractivity contribution in [2.24, 2.45) is 0 Å². The van der Waals surface area contributed by atoms with Crippen LogP contribution in [-0.4, -0.2) is 7.85 Å². The molecule has 0 saturated carbocycles. The second kappa shape index (κ2) is 3.39. The van der Waals surface area contributed by atoms with Crippen molar-refractivity contribution in [2.75, 3.05) is 0 Å². The molecule has 1 aromatic rings. The molecule has 1 aromatic carbocycles. The van der Waals surface area contributed by atoms with Crippen LogP contribution in [-0.2, 0) is 0 Å². The van der Waals surface area contributed by atoms with Crippen LogP contribution in [0.1, 0.15) is 15.9 Å². The van der Waals surface area contributed by atoms with Gasteiger partial charge in [-0.3, -0.25) is 0 Å². The van der Waals surface area contributed by atoms with E-state index < -0.39 is 0 Å². The summed E-state index contributed by atoms with van der Waals surface area (Å²) in [7, 11) is 5.48. The number of benzene rings is 1. The molecule has 0 spiro atoms. The summed E-state index contributed by atoms with van der Waals surface area (Å²) in [5.74, 6) is -0.211. The number of aryl methyl sites for hydroxylation is 1. The summed E-state index contributed by atoms with van der Waals surface area (Å²) >= 11 is 3.15. The lowest BCUT2D eigenvalue weighted by molar-refractivity contribution is 0.617. The van der Waals surface area contributed by atoms with Gasteiger partial charge in [0.1, 0.15) is 5.82 Å². The van der Waals surface area contributed by atoms with Gasteiger partial charge in [0.05, 0.1) is 7.85 Å². The topological polar surface area (TPSA) is 0 Å². The highest BCUT2D eigenvalue weighted by Crippen LogP contribution is 2.20. The van der Waals surface area contributed by atoms with Crippen molar-refractivity contribution >= 4 is 23.8 Å². The Bertz CT molecular complexity index is 260. The summed E-state index contributed by atoms with van der Waals surface area (Å²) in [4.78, 5) is 0. The second-order valence-corrected chi connectivity index (χ2v) is 3.40. The standard InChI is InChI=1S/C8H7BBrF/c1-5-2-3-6(8(9)10)4-7(5)11/h2-4,8H,1H3. The zero-order valence-corrected chi connectivity index (χ0v) is 7.73. The van der Waals surface area contributed by atoms with Gasteiger partial charge in [0.25, 0.3) is 0 Å². The molecule has 0 amide bonds. The lowest BCUT2D eigenvalue weighted by Crippen LogP contribution is -1.90. The third-order valence-electron chi connectivity index (χ3n) is 1.51. The zero-order chi connectivity index (χ0) is 8.43. The molecule has 11 heavy (non-hydrogen) atoms. The van der Waals surface area contributed by atoms with Crippen LogP contribution in [0.3, 0.4) is 0 Å². The molecular formula is C8H7BBrF. The first-order chi connectivity index (χ1) is 5.11. The van der Waals surface area contributed by atoms with Gasteiger partial charge in [0, 0.05) is 4.73 Å². The van der Waals surface area contributed by atoms with E-state index in [1.54, 1.807) is 19.1 Å². The maximum Gasteiger partial charge on any atom is 0.126 e. The Kier molecular flexibility index (Phi) is 2.71. The van der Waals surface area contributed by atoms with E-state index in [1.807, 2.05) is 0 Å². The van der Waals surface area contributed by atoms with E-state index in [0.717, 1.165) is 5.56 Å². The predicted molar refractivity (Wildman–Crippen MR) is 48.6 cm³/mol. The van der Waals surface area contributed by atoms with E-state index in [-0.39, 0.29) is 10.5 Å². The maximum absolute atomic E-state index is 12.9. The van der Waals surface area contributed by atoms with Gasteiger partial charge >= 0.3 is 0 Å². The number of rotatable bonds is 1. The van der Waals surface area contributed by atoms with Crippen molar-refractivity contribution in [2.45, 2.75) is 11.7 Å². The molecule has 0 saturated heterocycles. The molecule has 1 rings (SSSR count). The van der Waals surface area contributed by atoms with Crippen molar-refractivity contribution in [1.82, 2.24) is 0 Å². The van der Waals surface area contributed by atoms with Crippen LogP contribution in [0.2, 0.25) is 0 Å². The highest BCUT2D eigenvalue weighted by Gasteiger charge is 2.02. The molecule has 0 bridgehead atoms. The molecule has 1 unspecified atom stereocenters. The Hall–Kier alpha value is -0.305. The van der Waals surface area contributed by atoms with E-state index in [2.05, 4.69) is 15.9 Å². The fourth-order valence-corrected chi connectivity index (χ4v) is 1.07. The molecule has 56 valence electrons. The maximum atomic E-state index is 12.9. The minimum absolute atomic E-state index is 0.211. The van der Waals surface area contributed by atoms with Crippen molar-refractivity contribution in [3.63, 3.8) is 0 Å². The van der Waals surface area contributed by atoms with E-state index in [0.29, 0.717) is 5.56 Å². The second-order valence-electron chi connectivity index (χ2n) is 2.41. The number of alkyl halides is 1. The zero-order valence-electron chi connectivity index (χ0n) is 6.14. The summed E-state index contributed by atoms with van der Waals surface area (Å²) in [5, 5.41) is 0. The minimum atomic E-state index is -0.280. The summed E-state index contributed by atoms with van der Waals surface area (Å²) in [6.45, 7) is 1.72. The van der Waals surface area contributed by atoms with Crippen molar-refractivity contribution in [3.8, 4) is 0 Å². The fourth-order valence-electron chi connectivity index (χ4n) is 0.781. The average molecular weight is 213 g/mol. The first-order valence-electron chi connectivity index (χ1n) is 3.27. The van der Waals surface area contributed by atoms with Gasteiger partial charge in [-0.1, -0.05) is 28.1 Å². The molecule has 0 aliphatic rings. The van der Waals surface area contributed by atoms with Crippen molar-refractivity contribution in [1.29, 1.82) is 0 Å². The fraction of sp³-hybridized carbons (Fsp3) is 0.250. The Morgan fingerprint density at radius 3 is 2.64 bits per heavy atom. The Labute approximate surface area is 75.3 Å². The van der Waals surface area contributed by atoms with Crippen LogP contribution < -0.4 is 0 Å². The quantitative estimate of drug-likeness (QED) is 0.496. The lowest BCUT2D eigenvalue weighted by Gasteiger charge is -2.04. The van der Waals surface area contributed by atoms with Gasteiger partial charge in [0.2, 0.25) is 0 Å². The van der Waals surface area contributed by atoms with Crippen LogP contribution in [0.4, 0.5) is 4.39 Å². The molecule has 1 atom stereocenters. The molecule has 0 heterocycles. The Balaban J connectivity index is 3.05. The van der Waals surface area contributed by atoms with Crippen LogP contribution in [0, 0.1) is 12.7 Å². The van der Waals surface area contributed by atoms with Crippen LogP contribution in [0.5, 0.6) is 0 Å². The molecule has 0 N–H and O–H groups in total. The third kappa shape index (κ3) is 2.06. The van der Waals surface area contributed by atoms with Gasteiger partial charge in [-0.2, -0.15) is 0 Å². The molecule has 0 nitrogen and oxygen atoms in total.